The summed E-state index contributed by atoms with van der Waals surface area (Å²) in [5.41, 5.74) is 1.45. The second-order valence-electron chi connectivity index (χ2n) is 6.62. The number of hydrogen-bond donors (Lipinski definition) is 3. The summed E-state index contributed by atoms with van der Waals surface area (Å²) in [6, 6.07) is 5.30. The van der Waals surface area contributed by atoms with Gasteiger partial charge < -0.3 is 20.7 Å². The number of benzene rings is 1. The molecule has 1 heterocycles. The first kappa shape index (κ1) is 21.8. The summed E-state index contributed by atoms with van der Waals surface area (Å²) in [6.45, 7) is 1.66. The molecule has 1 amide bonds. The molecule has 10 heteroatoms. The zero-order chi connectivity index (χ0) is 20.7. The third-order valence-corrected chi connectivity index (χ3v) is 4.27. The summed E-state index contributed by atoms with van der Waals surface area (Å²) >= 11 is 0. The maximum atomic E-state index is 12.5. The van der Waals surface area contributed by atoms with Crippen LogP contribution in [0.1, 0.15) is 18.9 Å². The predicted molar refractivity (Wildman–Crippen MR) is 102 cm³/mol. The van der Waals surface area contributed by atoms with Gasteiger partial charge in [-0.3, -0.25) is 14.7 Å². The van der Waals surface area contributed by atoms with E-state index in [1.54, 1.807) is 19.2 Å². The first-order valence-corrected chi connectivity index (χ1v) is 8.91. The van der Waals surface area contributed by atoms with Gasteiger partial charge in [-0.1, -0.05) is 6.07 Å². The number of ether oxygens (including phenoxy) is 1. The average Bonchev–Trinajstić information content (AvgIpc) is 3.03. The molecule has 1 aliphatic rings. The fraction of sp³-hybridized carbons (Fsp3) is 0.556. The Morgan fingerprint density at radius 2 is 2.14 bits per heavy atom. The number of rotatable bonds is 6. The van der Waals surface area contributed by atoms with Gasteiger partial charge in [0.2, 0.25) is 5.91 Å². The van der Waals surface area contributed by atoms with Gasteiger partial charge in [0.15, 0.2) is 5.96 Å². The Kier molecular flexibility index (Phi) is 7.50. The third-order valence-electron chi connectivity index (χ3n) is 4.27. The number of nitrogens with zero attached hydrogens (tertiary/aromatic N) is 2. The minimum absolute atomic E-state index is 0.0978. The number of guanidine groups is 1. The lowest BCUT2D eigenvalue weighted by molar-refractivity contribution is -0.143. The van der Waals surface area contributed by atoms with Gasteiger partial charge in [-0.05, 0) is 24.1 Å². The van der Waals surface area contributed by atoms with Crippen molar-refractivity contribution in [1.82, 2.24) is 15.5 Å². The molecule has 0 radical (unpaired) electrons. The topological polar surface area (TPSA) is 78.0 Å². The normalized spacial score (nSPS) is 18.1. The summed E-state index contributed by atoms with van der Waals surface area (Å²) in [7, 11) is 3.13. The zero-order valence-corrected chi connectivity index (χ0v) is 16.2. The molecule has 7 nitrogen and oxygen atoms in total. The standard InChI is InChI=1S/C18H26F3N5O2/c1-12(27)24-15-8-13(4-5-16(15)28-3)9-23-17(22-2)25-14-6-7-26(10-14)11-18(19,20)21/h4-5,8,14H,6-7,9-11H2,1-3H3,(H,24,27)(H2,22,23,25). The van der Waals surface area contributed by atoms with E-state index in [1.807, 2.05) is 6.07 Å². The van der Waals surface area contributed by atoms with Crippen molar-refractivity contribution in [3.63, 3.8) is 0 Å². The van der Waals surface area contributed by atoms with E-state index in [9.17, 15) is 18.0 Å². The molecule has 1 aliphatic heterocycles. The summed E-state index contributed by atoms with van der Waals surface area (Å²) < 4.78 is 42.7. The maximum Gasteiger partial charge on any atom is 0.401 e. The van der Waals surface area contributed by atoms with Crippen LogP contribution in [0.5, 0.6) is 5.75 Å². The van der Waals surface area contributed by atoms with Crippen LogP contribution in [0.2, 0.25) is 0 Å². The number of carbonyl (C=O) groups excluding carboxylic acids is 1. The molecule has 0 spiro atoms. The number of anilines is 1. The number of alkyl halides is 3. The van der Waals surface area contributed by atoms with E-state index < -0.39 is 12.7 Å². The van der Waals surface area contributed by atoms with E-state index >= 15 is 0 Å². The molecule has 3 N–H and O–H groups in total. The van der Waals surface area contributed by atoms with Crippen molar-refractivity contribution in [3.05, 3.63) is 23.8 Å². The maximum absolute atomic E-state index is 12.5. The number of halogens is 3. The molecule has 28 heavy (non-hydrogen) atoms. The van der Waals surface area contributed by atoms with Crippen molar-refractivity contribution in [1.29, 1.82) is 0 Å². The van der Waals surface area contributed by atoms with Gasteiger partial charge in [0.1, 0.15) is 5.75 Å². The highest BCUT2D eigenvalue weighted by Crippen LogP contribution is 2.25. The molecule has 1 atom stereocenters. The molecule has 1 fully saturated rings. The number of carbonyl (C=O) groups is 1. The molecular formula is C18H26F3N5O2. The van der Waals surface area contributed by atoms with Crippen molar-refractivity contribution in [2.24, 2.45) is 4.99 Å². The number of hydrogen-bond acceptors (Lipinski definition) is 4. The third kappa shape index (κ3) is 6.91. The Bertz CT molecular complexity index is 709. The molecule has 0 aliphatic carbocycles. The molecule has 0 aromatic heterocycles. The highest BCUT2D eigenvalue weighted by atomic mass is 19.4. The summed E-state index contributed by atoms with van der Waals surface area (Å²) in [5, 5.41) is 9.01. The highest BCUT2D eigenvalue weighted by Gasteiger charge is 2.34. The monoisotopic (exact) mass is 401 g/mol. The van der Waals surface area contributed by atoms with E-state index in [1.165, 1.54) is 18.9 Å². The van der Waals surface area contributed by atoms with E-state index in [-0.39, 0.29) is 11.9 Å². The van der Waals surface area contributed by atoms with Crippen LogP contribution in [0.4, 0.5) is 18.9 Å². The lowest BCUT2D eigenvalue weighted by Crippen LogP contribution is -2.44. The molecule has 1 aromatic rings. The van der Waals surface area contributed by atoms with Crippen molar-refractivity contribution in [2.75, 3.05) is 39.1 Å². The Hall–Kier alpha value is -2.49. The summed E-state index contributed by atoms with van der Waals surface area (Å²) in [4.78, 5) is 16.8. The minimum Gasteiger partial charge on any atom is -0.495 e. The van der Waals surface area contributed by atoms with Crippen LogP contribution in [0.15, 0.2) is 23.2 Å². The number of methoxy groups -OCH3 is 1. The number of likely N-dealkylation sites (tertiary alicyclic amines) is 1. The first-order valence-electron chi connectivity index (χ1n) is 8.91. The first-order chi connectivity index (χ1) is 13.2. The minimum atomic E-state index is -4.19. The molecular weight excluding hydrogens is 375 g/mol. The van der Waals surface area contributed by atoms with Crippen molar-refractivity contribution >= 4 is 17.6 Å². The number of amides is 1. The van der Waals surface area contributed by atoms with Gasteiger partial charge in [0.25, 0.3) is 0 Å². The van der Waals surface area contributed by atoms with E-state index in [4.69, 9.17) is 4.74 Å². The van der Waals surface area contributed by atoms with Gasteiger partial charge in [0.05, 0.1) is 19.3 Å². The number of aliphatic imine (C=N–C) groups is 1. The Labute approximate surface area is 162 Å². The van der Waals surface area contributed by atoms with E-state index in [0.717, 1.165) is 5.56 Å². The van der Waals surface area contributed by atoms with Crippen LogP contribution in [0, 0.1) is 0 Å². The fourth-order valence-electron chi connectivity index (χ4n) is 3.07. The van der Waals surface area contributed by atoms with Crippen LogP contribution < -0.4 is 20.7 Å². The smallest absolute Gasteiger partial charge is 0.401 e. The predicted octanol–water partition coefficient (Wildman–Crippen LogP) is 1.96. The Morgan fingerprint density at radius 3 is 2.75 bits per heavy atom. The molecule has 156 valence electrons. The van der Waals surface area contributed by atoms with Crippen molar-refractivity contribution in [3.8, 4) is 5.75 Å². The highest BCUT2D eigenvalue weighted by molar-refractivity contribution is 5.90. The van der Waals surface area contributed by atoms with Gasteiger partial charge >= 0.3 is 6.18 Å². The lowest BCUT2D eigenvalue weighted by atomic mass is 10.2. The number of nitrogens with one attached hydrogen (secondary N) is 3. The molecule has 1 saturated heterocycles. The van der Waals surface area contributed by atoms with E-state index in [0.29, 0.717) is 43.5 Å². The Balaban J connectivity index is 1.90. The molecule has 1 unspecified atom stereocenters. The van der Waals surface area contributed by atoms with Crippen molar-refractivity contribution < 1.29 is 22.7 Å². The van der Waals surface area contributed by atoms with Gasteiger partial charge in [0, 0.05) is 39.6 Å². The van der Waals surface area contributed by atoms with Crippen molar-refractivity contribution in [2.45, 2.75) is 32.1 Å². The Morgan fingerprint density at radius 1 is 1.39 bits per heavy atom. The molecule has 2 rings (SSSR count). The van der Waals surface area contributed by atoms with Crippen LogP contribution in [0.25, 0.3) is 0 Å². The van der Waals surface area contributed by atoms with Crippen LogP contribution >= 0.6 is 0 Å². The average molecular weight is 401 g/mol. The van der Waals surface area contributed by atoms with Crippen LogP contribution in [-0.2, 0) is 11.3 Å². The quantitative estimate of drug-likeness (QED) is 0.502. The van der Waals surface area contributed by atoms with Gasteiger partial charge in [-0.2, -0.15) is 13.2 Å². The van der Waals surface area contributed by atoms with Crippen LogP contribution in [0.3, 0.4) is 0 Å². The lowest BCUT2D eigenvalue weighted by Gasteiger charge is -2.20. The van der Waals surface area contributed by atoms with Gasteiger partial charge in [-0.25, -0.2) is 0 Å². The van der Waals surface area contributed by atoms with Gasteiger partial charge in [-0.15, -0.1) is 0 Å². The fourth-order valence-corrected chi connectivity index (χ4v) is 3.07. The molecule has 1 aromatic carbocycles. The van der Waals surface area contributed by atoms with Crippen LogP contribution in [-0.4, -0.2) is 62.8 Å². The largest absolute Gasteiger partial charge is 0.495 e. The summed E-state index contributed by atoms with van der Waals surface area (Å²) in [5.74, 6) is 0.860. The zero-order valence-electron chi connectivity index (χ0n) is 16.2. The van der Waals surface area contributed by atoms with E-state index in [2.05, 4.69) is 20.9 Å². The second-order valence-corrected chi connectivity index (χ2v) is 6.62. The second kappa shape index (κ2) is 9.63. The molecule has 0 saturated carbocycles. The summed E-state index contributed by atoms with van der Waals surface area (Å²) in [6.07, 6.45) is -3.57. The SMILES string of the molecule is CN=C(NCc1ccc(OC)c(NC(C)=O)c1)NC1CCN(CC(F)(F)F)C1. The molecule has 0 bridgehead atoms.